The number of halogens is 2. The Morgan fingerprint density at radius 3 is 2.63 bits per heavy atom. The Labute approximate surface area is 118 Å². The number of amides is 1. The molecule has 3 unspecified atom stereocenters. The van der Waals surface area contributed by atoms with E-state index in [4.69, 9.17) is 5.73 Å². The highest BCUT2D eigenvalue weighted by atomic mass is 35.5. The van der Waals surface area contributed by atoms with E-state index in [0.29, 0.717) is 5.56 Å². The van der Waals surface area contributed by atoms with Gasteiger partial charge in [0.1, 0.15) is 5.82 Å². The van der Waals surface area contributed by atoms with Gasteiger partial charge in [-0.25, -0.2) is 4.39 Å². The van der Waals surface area contributed by atoms with Crippen LogP contribution in [-0.2, 0) is 4.79 Å². The van der Waals surface area contributed by atoms with Crippen molar-refractivity contribution in [3.8, 4) is 0 Å². The number of aliphatic hydroxyl groups excluding tert-OH is 1. The van der Waals surface area contributed by atoms with Crippen LogP contribution in [0.15, 0.2) is 24.3 Å². The minimum absolute atomic E-state index is 0. The highest BCUT2D eigenvalue weighted by molar-refractivity contribution is 5.85. The lowest BCUT2D eigenvalue weighted by Crippen LogP contribution is -2.40. The number of rotatable bonds is 5. The molecule has 0 aliphatic rings. The molecule has 4 N–H and O–H groups in total. The van der Waals surface area contributed by atoms with Gasteiger partial charge in [0.05, 0.1) is 6.10 Å². The van der Waals surface area contributed by atoms with E-state index in [-0.39, 0.29) is 36.8 Å². The van der Waals surface area contributed by atoms with Crippen LogP contribution in [0, 0.1) is 11.7 Å². The van der Waals surface area contributed by atoms with E-state index in [2.05, 4.69) is 5.32 Å². The first-order chi connectivity index (χ1) is 8.41. The fourth-order valence-corrected chi connectivity index (χ4v) is 1.43. The summed E-state index contributed by atoms with van der Waals surface area (Å²) in [5.41, 5.74) is 6.04. The lowest BCUT2D eigenvalue weighted by molar-refractivity contribution is -0.125. The van der Waals surface area contributed by atoms with Crippen molar-refractivity contribution >= 4 is 18.3 Å². The lowest BCUT2D eigenvalue weighted by Gasteiger charge is -2.17. The third-order valence-corrected chi connectivity index (χ3v) is 2.91. The zero-order chi connectivity index (χ0) is 13.7. The Hall–Kier alpha value is -1.17. The van der Waals surface area contributed by atoms with Crippen molar-refractivity contribution in [2.45, 2.75) is 26.0 Å². The van der Waals surface area contributed by atoms with Gasteiger partial charge >= 0.3 is 0 Å². The molecule has 0 aliphatic heterocycles. The van der Waals surface area contributed by atoms with E-state index in [0.717, 1.165) is 0 Å². The largest absolute Gasteiger partial charge is 0.387 e. The molecule has 0 heterocycles. The van der Waals surface area contributed by atoms with Crippen LogP contribution >= 0.6 is 12.4 Å². The average Bonchev–Trinajstić information content (AvgIpc) is 2.34. The Morgan fingerprint density at radius 1 is 1.47 bits per heavy atom. The standard InChI is InChI=1S/C13H19FN2O2.ClH/c1-8(9(2)15)13(18)16-7-12(17)10-4-3-5-11(14)6-10;/h3-6,8-9,12,17H,7,15H2,1-2H3,(H,16,18);1H. The van der Waals surface area contributed by atoms with Crippen molar-refractivity contribution in [3.05, 3.63) is 35.6 Å². The summed E-state index contributed by atoms with van der Waals surface area (Å²) in [7, 11) is 0. The van der Waals surface area contributed by atoms with E-state index < -0.39 is 11.9 Å². The van der Waals surface area contributed by atoms with E-state index in [1.54, 1.807) is 19.9 Å². The van der Waals surface area contributed by atoms with Crippen LogP contribution < -0.4 is 11.1 Å². The summed E-state index contributed by atoms with van der Waals surface area (Å²) in [6.45, 7) is 3.50. The van der Waals surface area contributed by atoms with Gasteiger partial charge in [-0.15, -0.1) is 12.4 Å². The molecule has 1 amide bonds. The molecule has 6 heteroatoms. The monoisotopic (exact) mass is 290 g/mol. The summed E-state index contributed by atoms with van der Waals surface area (Å²) in [6, 6.07) is 5.41. The van der Waals surface area contributed by atoms with E-state index in [1.165, 1.54) is 18.2 Å². The number of carbonyl (C=O) groups excluding carboxylic acids is 1. The Morgan fingerprint density at radius 2 is 2.11 bits per heavy atom. The van der Waals surface area contributed by atoms with Crippen LogP contribution in [0.25, 0.3) is 0 Å². The molecule has 0 saturated carbocycles. The zero-order valence-electron chi connectivity index (χ0n) is 11.0. The lowest BCUT2D eigenvalue weighted by atomic mass is 10.0. The molecular weight excluding hydrogens is 271 g/mol. The van der Waals surface area contributed by atoms with Crippen molar-refractivity contribution in [1.29, 1.82) is 0 Å². The van der Waals surface area contributed by atoms with Gasteiger partial charge in [-0.1, -0.05) is 19.1 Å². The van der Waals surface area contributed by atoms with Crippen LogP contribution in [0.3, 0.4) is 0 Å². The normalized spacial score (nSPS) is 15.0. The first-order valence-electron chi connectivity index (χ1n) is 5.88. The van der Waals surface area contributed by atoms with E-state index >= 15 is 0 Å². The molecule has 0 spiro atoms. The van der Waals surface area contributed by atoms with Crippen molar-refractivity contribution in [2.24, 2.45) is 11.7 Å². The molecule has 0 aromatic heterocycles. The van der Waals surface area contributed by atoms with Crippen LogP contribution in [0.1, 0.15) is 25.5 Å². The van der Waals surface area contributed by atoms with Gasteiger partial charge in [0.25, 0.3) is 0 Å². The van der Waals surface area contributed by atoms with Gasteiger partial charge in [0, 0.05) is 18.5 Å². The van der Waals surface area contributed by atoms with Gasteiger partial charge < -0.3 is 16.2 Å². The van der Waals surface area contributed by atoms with Gasteiger partial charge in [0.15, 0.2) is 0 Å². The van der Waals surface area contributed by atoms with Crippen LogP contribution in [0.2, 0.25) is 0 Å². The van der Waals surface area contributed by atoms with Crippen molar-refractivity contribution in [3.63, 3.8) is 0 Å². The summed E-state index contributed by atoms with van der Waals surface area (Å²) < 4.78 is 12.9. The summed E-state index contributed by atoms with van der Waals surface area (Å²) in [6.07, 6.45) is -0.926. The van der Waals surface area contributed by atoms with Gasteiger partial charge in [-0.2, -0.15) is 0 Å². The number of benzene rings is 1. The summed E-state index contributed by atoms with van der Waals surface area (Å²) >= 11 is 0. The highest BCUT2D eigenvalue weighted by Gasteiger charge is 2.18. The maximum Gasteiger partial charge on any atom is 0.224 e. The average molecular weight is 291 g/mol. The molecule has 1 rings (SSSR count). The van der Waals surface area contributed by atoms with Gasteiger partial charge in [-0.05, 0) is 24.6 Å². The molecule has 108 valence electrons. The zero-order valence-corrected chi connectivity index (χ0v) is 11.8. The molecule has 0 aliphatic carbocycles. The number of nitrogens with one attached hydrogen (secondary N) is 1. The number of aliphatic hydroxyl groups is 1. The minimum Gasteiger partial charge on any atom is -0.387 e. The topological polar surface area (TPSA) is 75.4 Å². The minimum atomic E-state index is -0.926. The van der Waals surface area contributed by atoms with Crippen molar-refractivity contribution in [2.75, 3.05) is 6.54 Å². The second kappa shape index (κ2) is 8.09. The number of hydrogen-bond donors (Lipinski definition) is 3. The third-order valence-electron chi connectivity index (χ3n) is 2.91. The van der Waals surface area contributed by atoms with Crippen LogP contribution in [-0.4, -0.2) is 23.6 Å². The quantitative estimate of drug-likeness (QED) is 0.767. The Balaban J connectivity index is 0.00000324. The maximum absolute atomic E-state index is 12.9. The maximum atomic E-state index is 12.9. The summed E-state index contributed by atoms with van der Waals surface area (Å²) in [4.78, 5) is 11.6. The molecule has 3 atom stereocenters. The smallest absolute Gasteiger partial charge is 0.224 e. The fourth-order valence-electron chi connectivity index (χ4n) is 1.43. The SMILES string of the molecule is CC(N)C(C)C(=O)NCC(O)c1cccc(F)c1.Cl. The predicted octanol–water partition coefficient (Wildman–Crippen LogP) is 1.38. The molecule has 0 fully saturated rings. The number of hydrogen-bond acceptors (Lipinski definition) is 3. The molecule has 0 saturated heterocycles. The van der Waals surface area contributed by atoms with Gasteiger partial charge in [-0.3, -0.25) is 4.79 Å². The molecule has 4 nitrogen and oxygen atoms in total. The van der Waals surface area contributed by atoms with Crippen LogP contribution in [0.4, 0.5) is 4.39 Å². The molecule has 0 bridgehead atoms. The molecule has 1 aromatic rings. The van der Waals surface area contributed by atoms with Crippen molar-refractivity contribution < 1.29 is 14.3 Å². The highest BCUT2D eigenvalue weighted by Crippen LogP contribution is 2.13. The summed E-state index contributed by atoms with van der Waals surface area (Å²) in [5.74, 6) is -0.966. The number of carbonyl (C=O) groups is 1. The molecule has 0 radical (unpaired) electrons. The Kier molecular flexibility index (Phi) is 7.59. The first kappa shape index (κ1) is 17.8. The summed E-state index contributed by atoms with van der Waals surface area (Å²) in [5, 5.41) is 12.4. The fraction of sp³-hybridized carbons (Fsp3) is 0.462. The van der Waals surface area contributed by atoms with E-state index in [1.807, 2.05) is 0 Å². The van der Waals surface area contributed by atoms with Gasteiger partial charge in [0.2, 0.25) is 5.91 Å². The molecule has 19 heavy (non-hydrogen) atoms. The first-order valence-corrected chi connectivity index (χ1v) is 5.88. The molecular formula is C13H20ClFN2O2. The third kappa shape index (κ3) is 5.55. The second-order valence-electron chi connectivity index (χ2n) is 4.46. The Bertz CT molecular complexity index is 415. The number of nitrogens with two attached hydrogens (primary N) is 1. The van der Waals surface area contributed by atoms with Crippen molar-refractivity contribution in [1.82, 2.24) is 5.32 Å². The second-order valence-corrected chi connectivity index (χ2v) is 4.46. The van der Waals surface area contributed by atoms with Crippen LogP contribution in [0.5, 0.6) is 0 Å². The molecule has 1 aromatic carbocycles. The predicted molar refractivity (Wildman–Crippen MR) is 74.4 cm³/mol. The van der Waals surface area contributed by atoms with E-state index in [9.17, 15) is 14.3 Å².